The summed E-state index contributed by atoms with van der Waals surface area (Å²) < 4.78 is 0. The van der Waals surface area contributed by atoms with E-state index in [1.165, 1.54) is 37.7 Å². The number of carbonyl (C=O) groups is 1. The fourth-order valence-corrected chi connectivity index (χ4v) is 4.47. The zero-order chi connectivity index (χ0) is 18.9. The van der Waals surface area contributed by atoms with E-state index in [0.29, 0.717) is 19.0 Å². The lowest BCUT2D eigenvalue weighted by Crippen LogP contribution is -2.39. The summed E-state index contributed by atoms with van der Waals surface area (Å²) in [5, 5.41) is 12.0. The lowest BCUT2D eigenvalue weighted by Gasteiger charge is -2.31. The molecule has 5 rings (SSSR count). The number of urea groups is 1. The van der Waals surface area contributed by atoms with Crippen molar-refractivity contribution in [1.29, 1.82) is 0 Å². The smallest absolute Gasteiger partial charge is 0.322 e. The Balaban J connectivity index is 1.30. The fourth-order valence-electron chi connectivity index (χ4n) is 4.47. The van der Waals surface area contributed by atoms with Gasteiger partial charge in [0.05, 0.1) is 5.69 Å². The van der Waals surface area contributed by atoms with Gasteiger partial charge in [-0.05, 0) is 54.9 Å². The Morgan fingerprint density at radius 3 is 2.64 bits per heavy atom. The van der Waals surface area contributed by atoms with Crippen LogP contribution < -0.4 is 10.2 Å². The maximum absolute atomic E-state index is 13.0. The summed E-state index contributed by atoms with van der Waals surface area (Å²) in [5.74, 6) is 1.55. The van der Waals surface area contributed by atoms with Gasteiger partial charge in [0, 0.05) is 38.3 Å². The van der Waals surface area contributed by atoms with Crippen molar-refractivity contribution in [1.82, 2.24) is 15.1 Å². The van der Waals surface area contributed by atoms with Crippen molar-refractivity contribution in [2.75, 3.05) is 29.9 Å². The highest BCUT2D eigenvalue weighted by molar-refractivity contribution is 5.90. The lowest BCUT2D eigenvalue weighted by molar-refractivity contribution is 0.205. The van der Waals surface area contributed by atoms with Crippen molar-refractivity contribution < 1.29 is 4.79 Å². The average Bonchev–Trinajstić information content (AvgIpc) is 3.22. The van der Waals surface area contributed by atoms with Crippen LogP contribution in [0.4, 0.5) is 16.3 Å². The van der Waals surface area contributed by atoms with Gasteiger partial charge in [0.1, 0.15) is 0 Å². The third-order valence-electron chi connectivity index (χ3n) is 6.39. The van der Waals surface area contributed by atoms with Crippen LogP contribution in [0.1, 0.15) is 54.8 Å². The van der Waals surface area contributed by atoms with Crippen LogP contribution in [0.3, 0.4) is 0 Å². The molecule has 0 radical (unpaired) electrons. The van der Waals surface area contributed by atoms with E-state index in [9.17, 15) is 4.79 Å². The molecule has 6 heteroatoms. The first-order valence-corrected chi connectivity index (χ1v) is 10.5. The van der Waals surface area contributed by atoms with Crippen molar-refractivity contribution in [3.8, 4) is 0 Å². The number of anilines is 2. The Hall–Kier alpha value is -2.63. The first-order valence-electron chi connectivity index (χ1n) is 10.5. The molecule has 2 fully saturated rings. The quantitative estimate of drug-likeness (QED) is 0.880. The van der Waals surface area contributed by atoms with Gasteiger partial charge >= 0.3 is 6.03 Å². The largest absolute Gasteiger partial charge is 0.355 e. The van der Waals surface area contributed by atoms with E-state index >= 15 is 0 Å². The minimum atomic E-state index is -0.0167. The lowest BCUT2D eigenvalue weighted by atomic mass is 9.79. The monoisotopic (exact) mass is 377 g/mol. The van der Waals surface area contributed by atoms with E-state index in [1.54, 1.807) is 0 Å². The van der Waals surface area contributed by atoms with Crippen molar-refractivity contribution in [2.24, 2.45) is 0 Å². The highest BCUT2D eigenvalue weighted by Gasteiger charge is 2.26. The second kappa shape index (κ2) is 7.41. The molecule has 0 spiro atoms. The SMILES string of the molecule is O=C(Nc1ccccc1C1CCC1)N1CCc2nnc(N3CCCC3)cc2C1. The minimum absolute atomic E-state index is 0.0167. The van der Waals surface area contributed by atoms with Gasteiger partial charge < -0.3 is 15.1 Å². The van der Waals surface area contributed by atoms with Crippen LogP contribution in [-0.4, -0.2) is 40.8 Å². The third kappa shape index (κ3) is 3.32. The summed E-state index contributed by atoms with van der Waals surface area (Å²) in [6.45, 7) is 3.39. The highest BCUT2D eigenvalue weighted by Crippen LogP contribution is 2.39. The molecular formula is C22H27N5O. The summed E-state index contributed by atoms with van der Waals surface area (Å²) in [5.41, 5.74) is 4.41. The second-order valence-corrected chi connectivity index (χ2v) is 8.19. The molecule has 1 aromatic heterocycles. The van der Waals surface area contributed by atoms with Gasteiger partial charge in [-0.15, -0.1) is 5.10 Å². The zero-order valence-electron chi connectivity index (χ0n) is 16.2. The summed E-state index contributed by atoms with van der Waals surface area (Å²) in [7, 11) is 0. The van der Waals surface area contributed by atoms with Crippen LogP contribution in [0.2, 0.25) is 0 Å². The van der Waals surface area contributed by atoms with E-state index in [2.05, 4.69) is 38.6 Å². The molecule has 1 saturated carbocycles. The molecule has 146 valence electrons. The molecular weight excluding hydrogens is 350 g/mol. The highest BCUT2D eigenvalue weighted by atomic mass is 16.2. The second-order valence-electron chi connectivity index (χ2n) is 8.19. The van der Waals surface area contributed by atoms with Gasteiger partial charge in [0.2, 0.25) is 0 Å². The van der Waals surface area contributed by atoms with E-state index in [1.807, 2.05) is 17.0 Å². The molecule has 1 aromatic carbocycles. The number of nitrogens with one attached hydrogen (secondary N) is 1. The molecule has 1 aliphatic carbocycles. The number of rotatable bonds is 3. The standard InChI is InChI=1S/C22H27N5O/c28-22(23-20-9-2-1-8-18(20)16-6-5-7-16)27-13-10-19-17(15-27)14-21(25-24-19)26-11-3-4-12-26/h1-2,8-9,14,16H,3-7,10-13,15H2,(H,23,28). The van der Waals surface area contributed by atoms with Gasteiger partial charge in [0.15, 0.2) is 5.82 Å². The van der Waals surface area contributed by atoms with Crippen LogP contribution in [0.15, 0.2) is 30.3 Å². The Bertz CT molecular complexity index is 873. The van der Waals surface area contributed by atoms with Crippen LogP contribution in [0, 0.1) is 0 Å². The number of benzene rings is 1. The van der Waals surface area contributed by atoms with Crippen molar-refractivity contribution in [3.63, 3.8) is 0 Å². The van der Waals surface area contributed by atoms with Gasteiger partial charge in [-0.2, -0.15) is 5.10 Å². The molecule has 6 nitrogen and oxygen atoms in total. The molecule has 2 aromatic rings. The number of carbonyl (C=O) groups excluding carboxylic acids is 1. The fraction of sp³-hybridized carbons (Fsp3) is 0.500. The predicted octanol–water partition coefficient (Wildman–Crippen LogP) is 3.93. The predicted molar refractivity (Wildman–Crippen MR) is 110 cm³/mol. The number of aromatic nitrogens is 2. The summed E-state index contributed by atoms with van der Waals surface area (Å²) >= 11 is 0. The molecule has 28 heavy (non-hydrogen) atoms. The molecule has 2 amide bonds. The van der Waals surface area contributed by atoms with E-state index in [0.717, 1.165) is 42.3 Å². The summed E-state index contributed by atoms with van der Waals surface area (Å²) in [4.78, 5) is 17.2. The van der Waals surface area contributed by atoms with Crippen molar-refractivity contribution >= 4 is 17.5 Å². The van der Waals surface area contributed by atoms with Gasteiger partial charge in [0.25, 0.3) is 0 Å². The minimum Gasteiger partial charge on any atom is -0.355 e. The number of nitrogens with zero attached hydrogens (tertiary/aromatic N) is 4. The van der Waals surface area contributed by atoms with Gasteiger partial charge in [-0.25, -0.2) is 4.79 Å². The number of para-hydroxylation sites is 1. The first kappa shape index (κ1) is 17.5. The molecule has 0 unspecified atom stereocenters. The Labute approximate surface area is 165 Å². The Morgan fingerprint density at radius 2 is 1.86 bits per heavy atom. The first-order chi connectivity index (χ1) is 13.8. The zero-order valence-corrected chi connectivity index (χ0v) is 16.2. The van der Waals surface area contributed by atoms with Crippen LogP contribution in [-0.2, 0) is 13.0 Å². The maximum atomic E-state index is 13.0. The normalized spacial score (nSPS) is 19.3. The van der Waals surface area contributed by atoms with E-state index < -0.39 is 0 Å². The Kier molecular flexibility index (Phi) is 4.63. The van der Waals surface area contributed by atoms with Crippen LogP contribution in [0.5, 0.6) is 0 Å². The number of fused-ring (bicyclic) bond motifs is 1. The maximum Gasteiger partial charge on any atom is 0.322 e. The van der Waals surface area contributed by atoms with Crippen molar-refractivity contribution in [3.05, 3.63) is 47.2 Å². The number of hydrogen-bond donors (Lipinski definition) is 1. The molecule has 1 saturated heterocycles. The average molecular weight is 377 g/mol. The summed E-state index contributed by atoms with van der Waals surface area (Å²) in [6.07, 6.45) is 6.93. The van der Waals surface area contributed by atoms with E-state index in [4.69, 9.17) is 0 Å². The van der Waals surface area contributed by atoms with Gasteiger partial charge in [-0.3, -0.25) is 0 Å². The number of hydrogen-bond acceptors (Lipinski definition) is 4. The Morgan fingerprint density at radius 1 is 1.04 bits per heavy atom. The molecule has 1 N–H and O–H groups in total. The summed E-state index contributed by atoms with van der Waals surface area (Å²) in [6, 6.07) is 10.4. The van der Waals surface area contributed by atoms with Crippen LogP contribution in [0.25, 0.3) is 0 Å². The third-order valence-corrected chi connectivity index (χ3v) is 6.39. The molecule has 0 atom stereocenters. The van der Waals surface area contributed by atoms with E-state index in [-0.39, 0.29) is 6.03 Å². The molecule has 2 aliphatic heterocycles. The molecule has 3 aliphatic rings. The van der Waals surface area contributed by atoms with Gasteiger partial charge in [-0.1, -0.05) is 24.6 Å². The number of amides is 2. The molecule has 3 heterocycles. The topological polar surface area (TPSA) is 61.4 Å². The van der Waals surface area contributed by atoms with Crippen molar-refractivity contribution in [2.45, 2.75) is 51.0 Å². The van der Waals surface area contributed by atoms with Crippen LogP contribution >= 0.6 is 0 Å². The molecule has 0 bridgehead atoms.